The van der Waals surface area contributed by atoms with Crippen molar-refractivity contribution in [2.24, 2.45) is 11.3 Å². The lowest BCUT2D eigenvalue weighted by Gasteiger charge is -2.33. The van der Waals surface area contributed by atoms with Gasteiger partial charge in [0.1, 0.15) is 10.8 Å². The standard InChI is InChI=1S/C28H36N4O3S2/c1-6-32-22(15-18-11-9-8-10-12-18)30-31-27(32)36-17-23(33)29-25-24(26(34)35-7-2)20-14-13-19(28(3,4)5)16-21(20)37-25/h8-12,19H,6-7,13-17H2,1-5H3,(H,29,33)/t19-/m1/s1. The van der Waals surface area contributed by atoms with E-state index in [0.717, 1.165) is 37.2 Å². The summed E-state index contributed by atoms with van der Waals surface area (Å²) in [5.41, 5.74) is 2.94. The molecule has 1 amide bonds. The second-order valence-corrected chi connectivity index (χ2v) is 12.4. The first kappa shape index (κ1) is 27.4. The number of amides is 1. The molecule has 9 heteroatoms. The molecule has 0 radical (unpaired) electrons. The number of nitrogens with zero attached hydrogens (tertiary/aromatic N) is 3. The first-order valence-electron chi connectivity index (χ1n) is 12.9. The van der Waals surface area contributed by atoms with Gasteiger partial charge in [-0.2, -0.15) is 0 Å². The number of rotatable bonds is 9. The first-order valence-corrected chi connectivity index (χ1v) is 14.7. The van der Waals surface area contributed by atoms with Crippen molar-refractivity contribution in [3.63, 3.8) is 0 Å². The Morgan fingerprint density at radius 2 is 1.95 bits per heavy atom. The lowest BCUT2D eigenvalue weighted by Crippen LogP contribution is -2.26. The van der Waals surface area contributed by atoms with Gasteiger partial charge in [0.2, 0.25) is 5.91 Å². The summed E-state index contributed by atoms with van der Waals surface area (Å²) in [5, 5.41) is 13.0. The van der Waals surface area contributed by atoms with Crippen LogP contribution in [0.2, 0.25) is 0 Å². The highest BCUT2D eigenvalue weighted by Crippen LogP contribution is 2.44. The molecule has 1 aromatic carbocycles. The zero-order valence-corrected chi connectivity index (χ0v) is 23.9. The molecule has 0 spiro atoms. The van der Waals surface area contributed by atoms with Crippen LogP contribution in [0.1, 0.15) is 73.2 Å². The molecule has 4 rings (SSSR count). The van der Waals surface area contributed by atoms with Crippen molar-refractivity contribution in [3.8, 4) is 0 Å². The first-order chi connectivity index (χ1) is 17.7. The second-order valence-electron chi connectivity index (χ2n) is 10.4. The number of thiophene rings is 1. The van der Waals surface area contributed by atoms with Crippen molar-refractivity contribution in [1.82, 2.24) is 14.8 Å². The number of ether oxygens (including phenoxy) is 1. The maximum atomic E-state index is 13.0. The summed E-state index contributed by atoms with van der Waals surface area (Å²) in [6.45, 7) is 11.7. The molecule has 1 atom stereocenters. The number of aromatic nitrogens is 3. The Hall–Kier alpha value is -2.65. The van der Waals surface area contributed by atoms with Crippen LogP contribution in [0, 0.1) is 11.3 Å². The van der Waals surface area contributed by atoms with Gasteiger partial charge in [-0.05, 0) is 55.6 Å². The van der Waals surface area contributed by atoms with E-state index >= 15 is 0 Å². The van der Waals surface area contributed by atoms with Crippen molar-refractivity contribution >= 4 is 40.0 Å². The van der Waals surface area contributed by atoms with E-state index in [0.29, 0.717) is 34.7 Å². The van der Waals surface area contributed by atoms with Crippen LogP contribution >= 0.6 is 23.1 Å². The van der Waals surface area contributed by atoms with Crippen LogP contribution in [0.4, 0.5) is 5.00 Å². The van der Waals surface area contributed by atoms with Gasteiger partial charge in [-0.15, -0.1) is 21.5 Å². The molecule has 2 aromatic heterocycles. The van der Waals surface area contributed by atoms with Crippen LogP contribution in [0.5, 0.6) is 0 Å². The third-order valence-electron chi connectivity index (χ3n) is 6.87. The van der Waals surface area contributed by atoms with Crippen LogP contribution in [-0.2, 0) is 35.3 Å². The van der Waals surface area contributed by atoms with Crippen LogP contribution in [0.3, 0.4) is 0 Å². The number of thioether (sulfide) groups is 1. The molecule has 2 heterocycles. The van der Waals surface area contributed by atoms with Gasteiger partial charge < -0.3 is 14.6 Å². The molecule has 0 saturated carbocycles. The molecule has 0 saturated heterocycles. The minimum atomic E-state index is -0.353. The average Bonchev–Trinajstić information content (AvgIpc) is 3.42. The topological polar surface area (TPSA) is 86.1 Å². The van der Waals surface area contributed by atoms with E-state index in [1.807, 2.05) is 22.8 Å². The molecule has 37 heavy (non-hydrogen) atoms. The maximum Gasteiger partial charge on any atom is 0.341 e. The summed E-state index contributed by atoms with van der Waals surface area (Å²) in [7, 11) is 0. The smallest absolute Gasteiger partial charge is 0.341 e. The van der Waals surface area contributed by atoms with Crippen molar-refractivity contribution in [3.05, 3.63) is 57.7 Å². The minimum Gasteiger partial charge on any atom is -0.462 e. The van der Waals surface area contributed by atoms with Gasteiger partial charge in [-0.1, -0.05) is 62.9 Å². The van der Waals surface area contributed by atoms with E-state index < -0.39 is 0 Å². The number of esters is 1. The molecule has 1 aliphatic carbocycles. The molecule has 198 valence electrons. The van der Waals surface area contributed by atoms with Gasteiger partial charge in [-0.3, -0.25) is 4.79 Å². The number of hydrogen-bond acceptors (Lipinski definition) is 7. The van der Waals surface area contributed by atoms with Crippen LogP contribution in [0.15, 0.2) is 35.5 Å². The summed E-state index contributed by atoms with van der Waals surface area (Å²) in [4.78, 5) is 27.1. The number of carbonyl (C=O) groups excluding carboxylic acids is 2. The quantitative estimate of drug-likeness (QED) is 0.264. The molecule has 7 nitrogen and oxygen atoms in total. The fourth-order valence-electron chi connectivity index (χ4n) is 4.78. The Morgan fingerprint density at radius 3 is 2.62 bits per heavy atom. The molecule has 0 aliphatic heterocycles. The Balaban J connectivity index is 1.47. The van der Waals surface area contributed by atoms with Crippen LogP contribution in [0.25, 0.3) is 0 Å². The van der Waals surface area contributed by atoms with Crippen LogP contribution in [-0.4, -0.2) is 39.0 Å². The maximum absolute atomic E-state index is 13.0. The number of nitrogens with one attached hydrogen (secondary N) is 1. The van der Waals surface area contributed by atoms with E-state index in [-0.39, 0.29) is 23.0 Å². The number of fused-ring (bicyclic) bond motifs is 1. The van der Waals surface area contributed by atoms with Crippen molar-refractivity contribution < 1.29 is 14.3 Å². The van der Waals surface area contributed by atoms with Gasteiger partial charge in [0, 0.05) is 17.8 Å². The third kappa shape index (κ3) is 6.44. The van der Waals surface area contributed by atoms with E-state index in [1.54, 1.807) is 6.92 Å². The molecule has 0 bridgehead atoms. The molecule has 3 aromatic rings. The fourth-order valence-corrected chi connectivity index (χ4v) is 6.93. The predicted molar refractivity (Wildman–Crippen MR) is 150 cm³/mol. The van der Waals surface area contributed by atoms with E-state index in [1.165, 1.54) is 33.5 Å². The number of hydrogen-bond donors (Lipinski definition) is 1. The van der Waals surface area contributed by atoms with Crippen molar-refractivity contribution in [2.45, 2.75) is 72.0 Å². The van der Waals surface area contributed by atoms with Crippen molar-refractivity contribution in [1.29, 1.82) is 0 Å². The van der Waals surface area contributed by atoms with Gasteiger partial charge in [0.25, 0.3) is 0 Å². The highest BCUT2D eigenvalue weighted by Gasteiger charge is 2.34. The number of carbonyl (C=O) groups is 2. The summed E-state index contributed by atoms with van der Waals surface area (Å²) in [6, 6.07) is 10.2. The zero-order valence-electron chi connectivity index (χ0n) is 22.3. The normalized spacial score (nSPS) is 15.3. The van der Waals surface area contributed by atoms with Gasteiger partial charge in [0.05, 0.1) is 17.9 Å². The van der Waals surface area contributed by atoms with Crippen molar-refractivity contribution in [2.75, 3.05) is 17.7 Å². The summed E-state index contributed by atoms with van der Waals surface area (Å²) < 4.78 is 7.42. The fraction of sp³-hybridized carbons (Fsp3) is 0.500. The lowest BCUT2D eigenvalue weighted by molar-refractivity contribution is -0.113. The third-order valence-corrected chi connectivity index (χ3v) is 9.01. The largest absolute Gasteiger partial charge is 0.462 e. The highest BCUT2D eigenvalue weighted by molar-refractivity contribution is 7.99. The van der Waals surface area contributed by atoms with Gasteiger partial charge in [-0.25, -0.2) is 4.79 Å². The molecule has 0 unspecified atom stereocenters. The monoisotopic (exact) mass is 540 g/mol. The molecular weight excluding hydrogens is 504 g/mol. The Bertz CT molecular complexity index is 1240. The van der Waals surface area contributed by atoms with Gasteiger partial charge in [0.15, 0.2) is 5.16 Å². The number of benzene rings is 1. The predicted octanol–water partition coefficient (Wildman–Crippen LogP) is 6.01. The zero-order chi connectivity index (χ0) is 26.6. The summed E-state index contributed by atoms with van der Waals surface area (Å²) in [6.07, 6.45) is 3.47. The van der Waals surface area contributed by atoms with Crippen LogP contribution < -0.4 is 5.32 Å². The van der Waals surface area contributed by atoms with Gasteiger partial charge >= 0.3 is 5.97 Å². The Kier molecular flexibility index (Phi) is 8.75. The Morgan fingerprint density at radius 1 is 1.19 bits per heavy atom. The lowest BCUT2D eigenvalue weighted by atomic mass is 9.72. The average molecular weight is 541 g/mol. The van der Waals surface area contributed by atoms with E-state index in [4.69, 9.17) is 4.74 Å². The SMILES string of the molecule is CCOC(=O)c1c(NC(=O)CSc2nnc(Cc3ccccc3)n2CC)sc2c1CC[C@@H](C(C)(C)C)C2. The summed E-state index contributed by atoms with van der Waals surface area (Å²) in [5.74, 6) is 1.07. The second kappa shape index (κ2) is 11.8. The molecule has 0 fully saturated rings. The highest BCUT2D eigenvalue weighted by atomic mass is 32.2. The molecule has 1 N–H and O–H groups in total. The number of anilines is 1. The minimum absolute atomic E-state index is 0.170. The summed E-state index contributed by atoms with van der Waals surface area (Å²) >= 11 is 2.88. The molecular formula is C28H36N4O3S2. The van der Waals surface area contributed by atoms with E-state index in [2.05, 4.69) is 55.3 Å². The van der Waals surface area contributed by atoms with E-state index in [9.17, 15) is 9.59 Å². The Labute approximate surface area is 227 Å². The molecule has 1 aliphatic rings.